The Morgan fingerprint density at radius 3 is 2.35 bits per heavy atom. The number of nitrogens with zero attached hydrogens (tertiary/aromatic N) is 2. The SMILES string of the molecule is O=C(NCC(=O)N1CC[C@@H]2[C@@H]1CCCN2C1CCC(c2ccccc2)CC1)c1cccc(C(F)(F)F)c1. The summed E-state index contributed by atoms with van der Waals surface area (Å²) in [6.45, 7) is 1.51. The first-order chi connectivity index (χ1) is 17.8. The summed E-state index contributed by atoms with van der Waals surface area (Å²) in [5, 5.41) is 2.53. The Labute approximate surface area is 216 Å². The number of rotatable bonds is 5. The topological polar surface area (TPSA) is 52.7 Å². The molecule has 8 heteroatoms. The van der Waals surface area contributed by atoms with Crippen LogP contribution in [-0.2, 0) is 11.0 Å². The fraction of sp³-hybridized carbons (Fsp3) is 0.517. The summed E-state index contributed by atoms with van der Waals surface area (Å²) >= 11 is 0. The number of piperidine rings is 1. The van der Waals surface area contributed by atoms with Crippen LogP contribution in [0.4, 0.5) is 13.2 Å². The minimum absolute atomic E-state index is 0.100. The maximum absolute atomic E-state index is 13.1. The first-order valence-electron chi connectivity index (χ1n) is 13.4. The van der Waals surface area contributed by atoms with Crippen LogP contribution in [0.2, 0.25) is 0 Å². The second-order valence-corrected chi connectivity index (χ2v) is 10.6. The zero-order valence-electron chi connectivity index (χ0n) is 20.9. The third-order valence-electron chi connectivity index (χ3n) is 8.46. The van der Waals surface area contributed by atoms with Gasteiger partial charge in [0.2, 0.25) is 5.91 Å². The van der Waals surface area contributed by atoms with Gasteiger partial charge in [-0.1, -0.05) is 36.4 Å². The Balaban J connectivity index is 1.15. The number of hydrogen-bond acceptors (Lipinski definition) is 3. The van der Waals surface area contributed by atoms with Crippen LogP contribution in [0.1, 0.15) is 72.3 Å². The number of benzene rings is 2. The highest BCUT2D eigenvalue weighted by molar-refractivity contribution is 5.96. The van der Waals surface area contributed by atoms with Gasteiger partial charge in [0, 0.05) is 30.2 Å². The van der Waals surface area contributed by atoms with E-state index in [-0.39, 0.29) is 24.1 Å². The third kappa shape index (κ3) is 5.69. The van der Waals surface area contributed by atoms with E-state index in [1.54, 1.807) is 0 Å². The molecule has 2 aromatic carbocycles. The summed E-state index contributed by atoms with van der Waals surface area (Å²) in [5.74, 6) is -0.210. The smallest absolute Gasteiger partial charge is 0.343 e. The number of fused-ring (bicyclic) bond motifs is 1. The van der Waals surface area contributed by atoms with Gasteiger partial charge in [-0.25, -0.2) is 0 Å². The largest absolute Gasteiger partial charge is 0.416 e. The first-order valence-corrected chi connectivity index (χ1v) is 13.4. The van der Waals surface area contributed by atoms with Crippen molar-refractivity contribution in [3.8, 4) is 0 Å². The van der Waals surface area contributed by atoms with Gasteiger partial charge in [-0.15, -0.1) is 0 Å². The summed E-state index contributed by atoms with van der Waals surface area (Å²) < 4.78 is 38.9. The lowest BCUT2D eigenvalue weighted by Gasteiger charge is -2.46. The van der Waals surface area contributed by atoms with Gasteiger partial charge >= 0.3 is 6.18 Å². The van der Waals surface area contributed by atoms with E-state index in [9.17, 15) is 22.8 Å². The fourth-order valence-corrected chi connectivity index (χ4v) is 6.65. The third-order valence-corrected chi connectivity index (χ3v) is 8.46. The van der Waals surface area contributed by atoms with Crippen LogP contribution in [0.3, 0.4) is 0 Å². The standard InChI is InChI=1S/C29H34F3N3O2/c30-29(31,32)23-9-4-8-22(18-23)28(37)33-19-27(36)35-17-15-26-25(35)10-5-16-34(26)24-13-11-21(12-14-24)20-6-2-1-3-7-20/h1-4,6-9,18,21,24-26H,5,10-17,19H2,(H,33,37)/t21?,24?,25-,26+/m0/s1. The van der Waals surface area contributed by atoms with E-state index in [0.717, 1.165) is 37.9 Å². The van der Waals surface area contributed by atoms with Crippen molar-refractivity contribution in [2.45, 2.75) is 75.2 Å². The Hall–Kier alpha value is -2.87. The van der Waals surface area contributed by atoms with Crippen LogP contribution in [0.15, 0.2) is 54.6 Å². The number of alkyl halides is 3. The van der Waals surface area contributed by atoms with Crippen LogP contribution in [0, 0.1) is 0 Å². The summed E-state index contributed by atoms with van der Waals surface area (Å²) in [4.78, 5) is 30.0. The summed E-state index contributed by atoms with van der Waals surface area (Å²) in [6.07, 6.45) is 3.11. The minimum atomic E-state index is -4.52. The number of halogens is 3. The van der Waals surface area contributed by atoms with Gasteiger partial charge in [0.15, 0.2) is 0 Å². The molecule has 1 saturated carbocycles. The molecule has 2 aliphatic heterocycles. The lowest BCUT2D eigenvalue weighted by molar-refractivity contribution is -0.137. The van der Waals surface area contributed by atoms with E-state index < -0.39 is 17.6 Å². The average Bonchev–Trinajstić information content (AvgIpc) is 3.36. The van der Waals surface area contributed by atoms with E-state index in [0.29, 0.717) is 24.5 Å². The average molecular weight is 514 g/mol. The molecule has 2 heterocycles. The van der Waals surface area contributed by atoms with Gasteiger partial charge in [-0.2, -0.15) is 13.2 Å². The molecule has 198 valence electrons. The second-order valence-electron chi connectivity index (χ2n) is 10.6. The fourth-order valence-electron chi connectivity index (χ4n) is 6.65. The molecular weight excluding hydrogens is 479 g/mol. The molecule has 2 amide bonds. The van der Waals surface area contributed by atoms with Crippen molar-refractivity contribution in [3.05, 3.63) is 71.3 Å². The predicted octanol–water partition coefficient (Wildman–Crippen LogP) is 5.23. The second kappa shape index (κ2) is 10.9. The normalized spacial score (nSPS) is 26.5. The lowest BCUT2D eigenvalue weighted by Crippen LogP contribution is -2.55. The van der Waals surface area contributed by atoms with Crippen molar-refractivity contribution in [1.82, 2.24) is 15.1 Å². The van der Waals surface area contributed by atoms with E-state index in [1.165, 1.54) is 43.4 Å². The molecule has 0 radical (unpaired) electrons. The van der Waals surface area contributed by atoms with Crippen LogP contribution in [0.25, 0.3) is 0 Å². The van der Waals surface area contributed by atoms with Gasteiger partial charge in [0.05, 0.1) is 12.1 Å². The minimum Gasteiger partial charge on any atom is -0.343 e. The maximum atomic E-state index is 13.1. The first kappa shape index (κ1) is 25.8. The summed E-state index contributed by atoms with van der Waals surface area (Å²) in [7, 11) is 0. The number of amides is 2. The quantitative estimate of drug-likeness (QED) is 0.596. The highest BCUT2D eigenvalue weighted by Gasteiger charge is 2.44. The van der Waals surface area contributed by atoms with Crippen molar-refractivity contribution in [2.75, 3.05) is 19.6 Å². The van der Waals surface area contributed by atoms with E-state index in [4.69, 9.17) is 0 Å². The molecule has 2 saturated heterocycles. The molecule has 2 aromatic rings. The van der Waals surface area contributed by atoms with Gasteiger partial charge in [-0.3, -0.25) is 14.5 Å². The Morgan fingerprint density at radius 1 is 0.865 bits per heavy atom. The molecule has 0 spiro atoms. The molecular formula is C29H34F3N3O2. The van der Waals surface area contributed by atoms with Crippen LogP contribution in [0.5, 0.6) is 0 Å². The van der Waals surface area contributed by atoms with Gasteiger partial charge in [-0.05, 0) is 81.2 Å². The van der Waals surface area contributed by atoms with Crippen molar-refractivity contribution < 1.29 is 22.8 Å². The molecule has 2 atom stereocenters. The zero-order valence-corrected chi connectivity index (χ0v) is 20.9. The monoisotopic (exact) mass is 513 g/mol. The molecule has 5 rings (SSSR count). The van der Waals surface area contributed by atoms with Crippen molar-refractivity contribution in [1.29, 1.82) is 0 Å². The number of carbonyl (C=O) groups is 2. The summed E-state index contributed by atoms with van der Waals surface area (Å²) in [5.41, 5.74) is 0.452. The van der Waals surface area contributed by atoms with Crippen LogP contribution in [-0.4, -0.2) is 59.4 Å². The number of hydrogen-bond donors (Lipinski definition) is 1. The Kier molecular flexibility index (Phi) is 7.56. The van der Waals surface area contributed by atoms with Gasteiger partial charge in [0.1, 0.15) is 0 Å². The molecule has 1 N–H and O–H groups in total. The molecule has 3 aliphatic rings. The number of nitrogens with one attached hydrogen (secondary N) is 1. The molecule has 3 fully saturated rings. The highest BCUT2D eigenvalue weighted by Crippen LogP contribution is 2.39. The van der Waals surface area contributed by atoms with E-state index in [2.05, 4.69) is 40.5 Å². The van der Waals surface area contributed by atoms with Gasteiger partial charge in [0.25, 0.3) is 5.91 Å². The molecule has 0 unspecified atom stereocenters. The van der Waals surface area contributed by atoms with Crippen LogP contribution < -0.4 is 5.32 Å². The van der Waals surface area contributed by atoms with E-state index >= 15 is 0 Å². The Morgan fingerprint density at radius 2 is 1.62 bits per heavy atom. The van der Waals surface area contributed by atoms with E-state index in [1.807, 2.05) is 4.90 Å². The molecule has 0 aromatic heterocycles. The lowest BCUT2D eigenvalue weighted by atomic mass is 9.80. The van der Waals surface area contributed by atoms with Crippen molar-refractivity contribution in [2.24, 2.45) is 0 Å². The maximum Gasteiger partial charge on any atom is 0.416 e. The number of likely N-dealkylation sites (tertiary alicyclic amines) is 2. The van der Waals surface area contributed by atoms with Crippen molar-refractivity contribution in [3.63, 3.8) is 0 Å². The highest BCUT2D eigenvalue weighted by atomic mass is 19.4. The number of carbonyl (C=O) groups excluding carboxylic acids is 2. The Bertz CT molecular complexity index is 1100. The zero-order chi connectivity index (χ0) is 26.0. The van der Waals surface area contributed by atoms with Gasteiger partial charge < -0.3 is 10.2 Å². The molecule has 37 heavy (non-hydrogen) atoms. The molecule has 1 aliphatic carbocycles. The van der Waals surface area contributed by atoms with Crippen molar-refractivity contribution >= 4 is 11.8 Å². The van der Waals surface area contributed by atoms with Crippen LogP contribution >= 0.6 is 0 Å². The molecule has 5 nitrogen and oxygen atoms in total. The summed E-state index contributed by atoms with van der Waals surface area (Å²) in [6, 6.07) is 16.0. The molecule has 0 bridgehead atoms. The predicted molar refractivity (Wildman–Crippen MR) is 135 cm³/mol.